The van der Waals surface area contributed by atoms with Gasteiger partial charge >= 0.3 is 4.87 Å². The van der Waals surface area contributed by atoms with Crippen LogP contribution in [0.1, 0.15) is 26.8 Å². The van der Waals surface area contributed by atoms with E-state index in [9.17, 15) is 18.0 Å². The molecule has 0 saturated carbocycles. The zero-order valence-corrected chi connectivity index (χ0v) is 22.0. The molecule has 188 valence electrons. The number of amides is 1. The van der Waals surface area contributed by atoms with Crippen molar-refractivity contribution in [3.05, 3.63) is 82.5 Å². The summed E-state index contributed by atoms with van der Waals surface area (Å²) in [6, 6.07) is 19.9. The van der Waals surface area contributed by atoms with Gasteiger partial charge in [0.2, 0.25) is 15.9 Å². The highest BCUT2D eigenvalue weighted by atomic mass is 32.2. The lowest BCUT2D eigenvalue weighted by Gasteiger charge is -2.28. The number of sulfonamides is 1. The first kappa shape index (κ1) is 25.5. The molecule has 0 spiro atoms. The van der Waals surface area contributed by atoms with Crippen molar-refractivity contribution in [1.82, 2.24) is 4.57 Å². The van der Waals surface area contributed by atoms with E-state index in [1.807, 2.05) is 44.2 Å². The molecule has 0 aliphatic carbocycles. The molecule has 36 heavy (non-hydrogen) atoms. The standard InChI is InChI=1S/C26H27N3O5S2/c1-17(2)28-23-15-10-19(16-24(23)35-26(28)31)27-25(30)18(3)29(36(4,32)33)20-11-13-22(14-12-20)34-21-8-6-5-7-9-21/h5-18H,1-4H3,(H,27,30)/t18-/m1/s1. The largest absolute Gasteiger partial charge is 0.457 e. The molecule has 0 radical (unpaired) electrons. The lowest BCUT2D eigenvalue weighted by atomic mass is 10.2. The van der Waals surface area contributed by atoms with Gasteiger partial charge in [0.1, 0.15) is 17.5 Å². The van der Waals surface area contributed by atoms with Gasteiger partial charge in [-0.3, -0.25) is 18.5 Å². The number of rotatable bonds is 8. The van der Waals surface area contributed by atoms with Crippen LogP contribution in [0.2, 0.25) is 0 Å². The molecule has 0 aliphatic heterocycles. The third-order valence-electron chi connectivity index (χ3n) is 5.56. The van der Waals surface area contributed by atoms with E-state index in [0.717, 1.165) is 32.1 Å². The number of hydrogen-bond acceptors (Lipinski definition) is 6. The van der Waals surface area contributed by atoms with Crippen molar-refractivity contribution in [2.45, 2.75) is 32.9 Å². The van der Waals surface area contributed by atoms with Crippen LogP contribution in [0.5, 0.6) is 11.5 Å². The second-order valence-corrected chi connectivity index (χ2v) is 11.5. The molecular weight excluding hydrogens is 498 g/mol. The summed E-state index contributed by atoms with van der Waals surface area (Å²) in [5, 5.41) is 2.78. The van der Waals surface area contributed by atoms with E-state index in [2.05, 4.69) is 5.32 Å². The smallest absolute Gasteiger partial charge is 0.308 e. The molecule has 1 aromatic heterocycles. The van der Waals surface area contributed by atoms with E-state index in [1.165, 1.54) is 6.92 Å². The molecule has 10 heteroatoms. The number of nitrogens with zero attached hydrogens (tertiary/aromatic N) is 2. The molecular formula is C26H27N3O5S2. The zero-order chi connectivity index (χ0) is 26.0. The van der Waals surface area contributed by atoms with Crippen LogP contribution in [0.25, 0.3) is 10.2 Å². The molecule has 3 aromatic carbocycles. The summed E-state index contributed by atoms with van der Waals surface area (Å²) < 4.78 is 34.6. The van der Waals surface area contributed by atoms with Crippen LogP contribution in [-0.4, -0.2) is 31.2 Å². The molecule has 0 unspecified atom stereocenters. The van der Waals surface area contributed by atoms with Gasteiger partial charge in [-0.05, 0) is 75.4 Å². The van der Waals surface area contributed by atoms with Gasteiger partial charge in [-0.1, -0.05) is 29.5 Å². The number of ether oxygens (including phenoxy) is 1. The summed E-state index contributed by atoms with van der Waals surface area (Å²) in [6.07, 6.45) is 1.06. The molecule has 0 aliphatic rings. The highest BCUT2D eigenvalue weighted by molar-refractivity contribution is 7.92. The second-order valence-electron chi connectivity index (χ2n) is 8.65. The number of thiazole rings is 1. The monoisotopic (exact) mass is 525 g/mol. The number of anilines is 2. The van der Waals surface area contributed by atoms with Gasteiger partial charge in [-0.15, -0.1) is 0 Å². The van der Waals surface area contributed by atoms with Crippen LogP contribution < -0.4 is 19.2 Å². The molecule has 1 N–H and O–H groups in total. The third kappa shape index (κ3) is 5.44. The number of hydrogen-bond donors (Lipinski definition) is 1. The van der Waals surface area contributed by atoms with Crippen LogP contribution in [0.3, 0.4) is 0 Å². The Kier molecular flexibility index (Phi) is 7.18. The molecule has 0 saturated heterocycles. The van der Waals surface area contributed by atoms with Gasteiger partial charge in [-0.25, -0.2) is 8.42 Å². The summed E-state index contributed by atoms with van der Waals surface area (Å²) in [5.41, 5.74) is 1.61. The Bertz CT molecular complexity index is 1540. The summed E-state index contributed by atoms with van der Waals surface area (Å²) in [7, 11) is -3.78. The molecule has 1 atom stereocenters. The predicted octanol–water partition coefficient (Wildman–Crippen LogP) is 5.23. The zero-order valence-electron chi connectivity index (χ0n) is 20.3. The summed E-state index contributed by atoms with van der Waals surface area (Å²) in [4.78, 5) is 25.3. The van der Waals surface area contributed by atoms with Gasteiger partial charge in [0.05, 0.1) is 22.2 Å². The third-order valence-corrected chi connectivity index (χ3v) is 7.72. The fraction of sp³-hybridized carbons (Fsp3) is 0.231. The Morgan fingerprint density at radius 3 is 2.22 bits per heavy atom. The fourth-order valence-electron chi connectivity index (χ4n) is 3.94. The van der Waals surface area contributed by atoms with E-state index in [1.54, 1.807) is 47.0 Å². The van der Waals surface area contributed by atoms with Crippen molar-refractivity contribution in [2.24, 2.45) is 0 Å². The lowest BCUT2D eigenvalue weighted by Crippen LogP contribution is -2.45. The SMILES string of the molecule is CC(C)n1c(=O)sc2cc(NC(=O)[C@@H](C)N(c3ccc(Oc4ccccc4)cc3)S(C)(=O)=O)ccc21. The molecule has 0 fully saturated rings. The number of nitrogens with one attached hydrogen (secondary N) is 1. The number of para-hydroxylation sites is 1. The average molecular weight is 526 g/mol. The number of benzene rings is 3. The number of aromatic nitrogens is 1. The van der Waals surface area contributed by atoms with Gasteiger partial charge in [-0.2, -0.15) is 0 Å². The molecule has 1 amide bonds. The van der Waals surface area contributed by atoms with Crippen molar-refractivity contribution in [2.75, 3.05) is 15.9 Å². The quantitative estimate of drug-likeness (QED) is 0.340. The summed E-state index contributed by atoms with van der Waals surface area (Å²) in [6.45, 7) is 5.40. The number of fused-ring (bicyclic) bond motifs is 1. The highest BCUT2D eigenvalue weighted by Crippen LogP contribution is 2.28. The van der Waals surface area contributed by atoms with Crippen LogP contribution >= 0.6 is 11.3 Å². The van der Waals surface area contributed by atoms with E-state index in [0.29, 0.717) is 22.9 Å². The lowest BCUT2D eigenvalue weighted by molar-refractivity contribution is -0.116. The first-order valence-electron chi connectivity index (χ1n) is 11.3. The van der Waals surface area contributed by atoms with Crippen molar-refractivity contribution in [1.29, 1.82) is 0 Å². The van der Waals surface area contributed by atoms with Crippen molar-refractivity contribution >= 4 is 48.9 Å². The maximum absolute atomic E-state index is 13.1. The van der Waals surface area contributed by atoms with Crippen molar-refractivity contribution in [3.63, 3.8) is 0 Å². The van der Waals surface area contributed by atoms with Gasteiger partial charge < -0.3 is 10.1 Å². The number of carbonyl (C=O) groups is 1. The minimum absolute atomic E-state index is 0.0134. The van der Waals surface area contributed by atoms with Crippen molar-refractivity contribution < 1.29 is 17.9 Å². The number of carbonyl (C=O) groups excluding carboxylic acids is 1. The fourth-order valence-corrected chi connectivity index (χ4v) is 6.17. The minimum atomic E-state index is -3.78. The van der Waals surface area contributed by atoms with E-state index < -0.39 is 22.0 Å². The Hall–Kier alpha value is -3.63. The van der Waals surface area contributed by atoms with Crippen LogP contribution in [-0.2, 0) is 14.8 Å². The Labute approximate surface area is 213 Å². The van der Waals surface area contributed by atoms with Gasteiger partial charge in [0, 0.05) is 11.7 Å². The van der Waals surface area contributed by atoms with Crippen LogP contribution in [0.15, 0.2) is 77.6 Å². The Morgan fingerprint density at radius 2 is 1.61 bits per heavy atom. The van der Waals surface area contributed by atoms with E-state index >= 15 is 0 Å². The maximum Gasteiger partial charge on any atom is 0.308 e. The van der Waals surface area contributed by atoms with Gasteiger partial charge in [0.15, 0.2) is 0 Å². The summed E-state index contributed by atoms with van der Waals surface area (Å²) in [5.74, 6) is 0.694. The van der Waals surface area contributed by atoms with Crippen LogP contribution in [0, 0.1) is 0 Å². The van der Waals surface area contributed by atoms with Crippen molar-refractivity contribution in [3.8, 4) is 11.5 Å². The van der Waals surface area contributed by atoms with Crippen LogP contribution in [0.4, 0.5) is 11.4 Å². The molecule has 0 bridgehead atoms. The Balaban J connectivity index is 1.55. The van der Waals surface area contributed by atoms with Gasteiger partial charge in [0.25, 0.3) is 0 Å². The summed E-state index contributed by atoms with van der Waals surface area (Å²) >= 11 is 1.10. The molecule has 4 rings (SSSR count). The molecule has 4 aromatic rings. The Morgan fingerprint density at radius 1 is 0.972 bits per heavy atom. The molecule has 1 heterocycles. The first-order chi connectivity index (χ1) is 17.0. The highest BCUT2D eigenvalue weighted by Gasteiger charge is 2.29. The normalized spacial score (nSPS) is 12.5. The minimum Gasteiger partial charge on any atom is -0.457 e. The second kappa shape index (κ2) is 10.2. The van der Waals surface area contributed by atoms with E-state index in [-0.39, 0.29) is 10.9 Å². The first-order valence-corrected chi connectivity index (χ1v) is 14.0. The predicted molar refractivity (Wildman–Crippen MR) is 145 cm³/mol. The molecule has 8 nitrogen and oxygen atoms in total. The average Bonchev–Trinajstić information content (AvgIpc) is 3.15. The topological polar surface area (TPSA) is 97.7 Å². The van der Waals surface area contributed by atoms with E-state index in [4.69, 9.17) is 4.74 Å². The maximum atomic E-state index is 13.1.